The number of hydrogen-bond donors (Lipinski definition) is 1. The Balaban J connectivity index is 1.45. The van der Waals surface area contributed by atoms with Gasteiger partial charge in [0.2, 0.25) is 0 Å². The first-order valence-electron chi connectivity index (χ1n) is 13.4. The number of pyridine rings is 1. The minimum absolute atomic E-state index is 0.0941. The SMILES string of the molecule is CC1=CC(C)(C)N(C)c2cc(Cl)c([C@@H]3[C@H](c4ccccn4)NC(=S)N3c3ccc(N4CCOCC4)cc3)cc21. The van der Waals surface area contributed by atoms with Crippen LogP contribution in [0.5, 0.6) is 0 Å². The number of anilines is 3. The second kappa shape index (κ2) is 10.1. The van der Waals surface area contributed by atoms with Crippen molar-refractivity contribution in [2.75, 3.05) is 48.1 Å². The molecule has 0 amide bonds. The first-order chi connectivity index (χ1) is 18.7. The molecule has 3 aliphatic heterocycles. The number of hydrogen-bond acceptors (Lipinski definition) is 5. The van der Waals surface area contributed by atoms with Crippen LogP contribution in [-0.2, 0) is 4.74 Å². The van der Waals surface area contributed by atoms with E-state index >= 15 is 0 Å². The summed E-state index contributed by atoms with van der Waals surface area (Å²) in [5.41, 5.74) is 7.64. The molecule has 1 aromatic heterocycles. The number of benzene rings is 2. The molecule has 0 bridgehead atoms. The second-order valence-electron chi connectivity index (χ2n) is 11.0. The van der Waals surface area contributed by atoms with E-state index in [1.807, 2.05) is 24.4 Å². The maximum Gasteiger partial charge on any atom is 0.174 e. The van der Waals surface area contributed by atoms with Gasteiger partial charge in [-0.3, -0.25) is 4.98 Å². The Morgan fingerprint density at radius 2 is 1.77 bits per heavy atom. The Morgan fingerprint density at radius 1 is 1.05 bits per heavy atom. The average Bonchev–Trinajstić information content (AvgIpc) is 3.29. The van der Waals surface area contributed by atoms with Crippen molar-refractivity contribution in [1.29, 1.82) is 0 Å². The quantitative estimate of drug-likeness (QED) is 0.372. The van der Waals surface area contributed by atoms with Crippen molar-refractivity contribution in [1.82, 2.24) is 10.3 Å². The summed E-state index contributed by atoms with van der Waals surface area (Å²) in [4.78, 5) is 11.6. The van der Waals surface area contributed by atoms with Gasteiger partial charge in [0, 0.05) is 54.0 Å². The van der Waals surface area contributed by atoms with Crippen molar-refractivity contribution in [3.8, 4) is 0 Å². The summed E-state index contributed by atoms with van der Waals surface area (Å²) in [7, 11) is 2.13. The molecule has 1 N–H and O–H groups in total. The number of thiocarbonyl (C=S) groups is 1. The lowest BCUT2D eigenvalue weighted by Crippen LogP contribution is -2.42. The van der Waals surface area contributed by atoms with Crippen molar-refractivity contribution in [2.45, 2.75) is 38.4 Å². The predicted molar refractivity (Wildman–Crippen MR) is 165 cm³/mol. The van der Waals surface area contributed by atoms with Crippen LogP contribution in [-0.4, -0.2) is 49.0 Å². The van der Waals surface area contributed by atoms with Gasteiger partial charge in [0.15, 0.2) is 5.11 Å². The van der Waals surface area contributed by atoms with E-state index in [0.29, 0.717) is 5.11 Å². The van der Waals surface area contributed by atoms with E-state index in [9.17, 15) is 0 Å². The number of nitrogens with zero attached hydrogens (tertiary/aromatic N) is 4. The van der Waals surface area contributed by atoms with Crippen LogP contribution < -0.4 is 20.0 Å². The normalized spacial score (nSPS) is 22.4. The van der Waals surface area contributed by atoms with Crippen LogP contribution in [0.3, 0.4) is 0 Å². The lowest BCUT2D eigenvalue weighted by atomic mass is 9.86. The van der Waals surface area contributed by atoms with E-state index in [1.54, 1.807) is 0 Å². The standard InChI is InChI=1S/C31H34ClN5OS/c1-20-19-31(2,3)35(4)27-18-25(32)24(17-23(20)27)29-28(26-7-5-6-12-33-26)34-30(39)37(29)22-10-8-21(9-11-22)36-13-15-38-16-14-36/h5-12,17-19,28-29H,13-16H2,1-4H3,(H,34,39)/t28-,29+/m0/s1. The smallest absolute Gasteiger partial charge is 0.174 e. The number of likely N-dealkylation sites (N-methyl/N-ethyl adjacent to an activating group) is 1. The fourth-order valence-electron chi connectivity index (χ4n) is 6.01. The number of morpholine rings is 1. The van der Waals surface area contributed by atoms with E-state index in [2.05, 4.69) is 90.3 Å². The van der Waals surface area contributed by atoms with Gasteiger partial charge in [0.05, 0.1) is 36.5 Å². The van der Waals surface area contributed by atoms with Crippen LogP contribution in [0.2, 0.25) is 5.02 Å². The number of fused-ring (bicyclic) bond motifs is 1. The zero-order valence-corrected chi connectivity index (χ0v) is 24.4. The van der Waals surface area contributed by atoms with Crippen molar-refractivity contribution in [2.24, 2.45) is 0 Å². The Kier molecular flexibility index (Phi) is 6.78. The first kappa shape index (κ1) is 26.1. The molecule has 3 aromatic rings. The molecule has 0 unspecified atom stereocenters. The van der Waals surface area contributed by atoms with Crippen LogP contribution in [0.15, 0.2) is 66.9 Å². The lowest BCUT2D eigenvalue weighted by molar-refractivity contribution is 0.122. The summed E-state index contributed by atoms with van der Waals surface area (Å²) in [5.74, 6) is 0. The summed E-state index contributed by atoms with van der Waals surface area (Å²) in [6, 6.07) is 18.7. The molecular weight excluding hydrogens is 526 g/mol. The van der Waals surface area contributed by atoms with E-state index < -0.39 is 0 Å². The Bertz CT molecular complexity index is 1420. The molecule has 0 saturated carbocycles. The number of rotatable bonds is 4. The van der Waals surface area contributed by atoms with E-state index in [4.69, 9.17) is 33.5 Å². The van der Waals surface area contributed by atoms with Gasteiger partial charge in [-0.2, -0.15) is 0 Å². The number of aromatic nitrogens is 1. The fourth-order valence-corrected chi connectivity index (χ4v) is 6.62. The monoisotopic (exact) mass is 559 g/mol. The van der Waals surface area contributed by atoms with E-state index in [0.717, 1.165) is 54.0 Å². The third kappa shape index (κ3) is 4.66. The number of ether oxygens (including phenoxy) is 1. The molecule has 2 aromatic carbocycles. The fraction of sp³-hybridized carbons (Fsp3) is 0.355. The summed E-state index contributed by atoms with van der Waals surface area (Å²) in [6.45, 7) is 9.94. The third-order valence-electron chi connectivity index (χ3n) is 8.26. The summed E-state index contributed by atoms with van der Waals surface area (Å²) in [5, 5.41) is 4.95. The van der Waals surface area contributed by atoms with Crippen molar-refractivity contribution in [3.63, 3.8) is 0 Å². The second-order valence-corrected chi connectivity index (χ2v) is 11.8. The minimum Gasteiger partial charge on any atom is -0.378 e. The average molecular weight is 560 g/mol. The lowest BCUT2D eigenvalue weighted by Gasteiger charge is -2.41. The predicted octanol–water partition coefficient (Wildman–Crippen LogP) is 6.38. The van der Waals surface area contributed by atoms with Gasteiger partial charge in [0.25, 0.3) is 0 Å². The van der Waals surface area contributed by atoms with E-state index in [-0.39, 0.29) is 17.6 Å². The van der Waals surface area contributed by atoms with E-state index in [1.165, 1.54) is 16.8 Å². The van der Waals surface area contributed by atoms with Crippen LogP contribution in [0.1, 0.15) is 49.7 Å². The van der Waals surface area contributed by atoms with Crippen molar-refractivity contribution < 1.29 is 4.74 Å². The number of nitrogens with one attached hydrogen (secondary N) is 1. The highest BCUT2D eigenvalue weighted by Crippen LogP contribution is 2.48. The highest BCUT2D eigenvalue weighted by molar-refractivity contribution is 7.80. The Hall–Kier alpha value is -3.13. The van der Waals surface area contributed by atoms with Gasteiger partial charge in [0.1, 0.15) is 0 Å². The zero-order valence-electron chi connectivity index (χ0n) is 22.8. The zero-order chi connectivity index (χ0) is 27.3. The summed E-state index contributed by atoms with van der Waals surface area (Å²) in [6.07, 6.45) is 4.15. The molecule has 39 heavy (non-hydrogen) atoms. The highest BCUT2D eigenvalue weighted by Gasteiger charge is 2.42. The molecule has 202 valence electrons. The van der Waals surface area contributed by atoms with Crippen LogP contribution in [0.4, 0.5) is 17.1 Å². The van der Waals surface area contributed by atoms with Gasteiger partial charge in [-0.1, -0.05) is 23.7 Å². The minimum atomic E-state index is -0.174. The number of allylic oxidation sites excluding steroid dienone is 1. The molecule has 6 rings (SSSR count). The topological polar surface area (TPSA) is 43.9 Å². The molecule has 0 spiro atoms. The van der Waals surface area contributed by atoms with Gasteiger partial charge in [-0.15, -0.1) is 0 Å². The number of halogens is 1. The van der Waals surface area contributed by atoms with Crippen LogP contribution in [0.25, 0.3) is 5.57 Å². The van der Waals surface area contributed by atoms with Gasteiger partial charge in [-0.25, -0.2) is 0 Å². The molecule has 0 radical (unpaired) electrons. The molecule has 2 fully saturated rings. The maximum absolute atomic E-state index is 7.14. The molecule has 2 atom stereocenters. The van der Waals surface area contributed by atoms with Gasteiger partial charge in [-0.05, 0) is 92.7 Å². The maximum atomic E-state index is 7.14. The molecule has 2 saturated heterocycles. The molecule has 3 aliphatic rings. The Morgan fingerprint density at radius 3 is 2.46 bits per heavy atom. The largest absolute Gasteiger partial charge is 0.378 e. The molecule has 4 heterocycles. The van der Waals surface area contributed by atoms with Crippen LogP contribution in [0, 0.1) is 0 Å². The summed E-state index contributed by atoms with van der Waals surface area (Å²) < 4.78 is 5.53. The van der Waals surface area contributed by atoms with Crippen LogP contribution >= 0.6 is 23.8 Å². The highest BCUT2D eigenvalue weighted by atomic mass is 35.5. The van der Waals surface area contributed by atoms with Crippen molar-refractivity contribution in [3.05, 3.63) is 88.7 Å². The third-order valence-corrected chi connectivity index (χ3v) is 8.90. The molecule has 6 nitrogen and oxygen atoms in total. The van der Waals surface area contributed by atoms with Gasteiger partial charge >= 0.3 is 0 Å². The first-order valence-corrected chi connectivity index (χ1v) is 14.2. The Labute approximate surface area is 241 Å². The van der Waals surface area contributed by atoms with Gasteiger partial charge < -0.3 is 24.8 Å². The molecular formula is C31H34ClN5OS. The summed E-state index contributed by atoms with van der Waals surface area (Å²) >= 11 is 13.1. The molecule has 0 aliphatic carbocycles. The molecule has 8 heteroatoms. The van der Waals surface area contributed by atoms with Crippen molar-refractivity contribution >= 4 is 51.6 Å².